The number of carbonyl (C=O) groups is 1. The van der Waals surface area contributed by atoms with Crippen LogP contribution in [0.1, 0.15) is 41.1 Å². The molecule has 1 aromatic heterocycles. The number of carbonyl (C=O) groups excluding carboxylic acids is 1. The number of aromatic nitrogens is 1. The third-order valence-corrected chi connectivity index (χ3v) is 5.10. The smallest absolute Gasteiger partial charge is 0.253 e. The van der Waals surface area contributed by atoms with E-state index in [1.807, 2.05) is 47.5 Å². The number of amides is 1. The van der Waals surface area contributed by atoms with Crippen LogP contribution >= 0.6 is 0 Å². The zero-order valence-corrected chi connectivity index (χ0v) is 14.0. The minimum absolute atomic E-state index is 0.0807. The lowest BCUT2D eigenvalue weighted by atomic mass is 9.94. The number of H-pyrrole nitrogens is 1. The summed E-state index contributed by atoms with van der Waals surface area (Å²) in [6.45, 7) is 1.47. The first-order valence-corrected chi connectivity index (χ1v) is 8.82. The van der Waals surface area contributed by atoms with Gasteiger partial charge in [-0.3, -0.25) is 4.79 Å². The van der Waals surface area contributed by atoms with Gasteiger partial charge in [0, 0.05) is 41.7 Å². The van der Waals surface area contributed by atoms with Crippen LogP contribution < -0.4 is 0 Å². The molecule has 4 rings (SSSR count). The van der Waals surface area contributed by atoms with Gasteiger partial charge in [0.2, 0.25) is 0 Å². The standard InChI is InChI=1S/C21H21FN2O/c22-19-7-4-15(5-8-19)18-3-1-2-12-24(14-18)21(25)17-6-9-20-16(13-17)10-11-23-20/h4-11,13,18,23H,1-3,12,14H2/t18-/m0/s1. The summed E-state index contributed by atoms with van der Waals surface area (Å²) in [6, 6.07) is 14.5. The summed E-state index contributed by atoms with van der Waals surface area (Å²) in [5, 5.41) is 1.05. The lowest BCUT2D eigenvalue weighted by Gasteiger charge is -2.25. The number of hydrogen-bond donors (Lipinski definition) is 1. The zero-order chi connectivity index (χ0) is 17.2. The summed E-state index contributed by atoms with van der Waals surface area (Å²) in [5.41, 5.74) is 2.88. The van der Waals surface area contributed by atoms with E-state index in [0.29, 0.717) is 6.54 Å². The lowest BCUT2D eigenvalue weighted by molar-refractivity contribution is 0.0754. The normalized spacial score (nSPS) is 18.3. The van der Waals surface area contributed by atoms with Gasteiger partial charge < -0.3 is 9.88 Å². The summed E-state index contributed by atoms with van der Waals surface area (Å²) in [5.74, 6) is 0.130. The predicted molar refractivity (Wildman–Crippen MR) is 97.2 cm³/mol. The third-order valence-electron chi connectivity index (χ3n) is 5.10. The minimum atomic E-state index is -0.217. The molecule has 1 aliphatic heterocycles. The number of nitrogens with one attached hydrogen (secondary N) is 1. The maximum Gasteiger partial charge on any atom is 0.253 e. The molecule has 3 nitrogen and oxygen atoms in total. The molecule has 1 atom stereocenters. The van der Waals surface area contributed by atoms with Crippen molar-refractivity contribution >= 4 is 16.8 Å². The van der Waals surface area contributed by atoms with Gasteiger partial charge in [0.1, 0.15) is 5.82 Å². The van der Waals surface area contributed by atoms with Gasteiger partial charge in [-0.2, -0.15) is 0 Å². The first-order chi connectivity index (χ1) is 12.2. The summed E-state index contributed by atoms with van der Waals surface area (Å²) in [4.78, 5) is 18.1. The number of fused-ring (bicyclic) bond motifs is 1. The molecule has 2 heterocycles. The van der Waals surface area contributed by atoms with E-state index in [-0.39, 0.29) is 17.6 Å². The molecule has 0 aliphatic carbocycles. The van der Waals surface area contributed by atoms with Crippen LogP contribution in [0.2, 0.25) is 0 Å². The molecule has 2 aromatic carbocycles. The molecule has 0 radical (unpaired) electrons. The van der Waals surface area contributed by atoms with Crippen molar-refractivity contribution in [1.29, 1.82) is 0 Å². The molecule has 4 heteroatoms. The van der Waals surface area contributed by atoms with Crippen LogP contribution in [-0.4, -0.2) is 28.9 Å². The Balaban J connectivity index is 1.57. The fourth-order valence-corrected chi connectivity index (χ4v) is 3.70. The van der Waals surface area contributed by atoms with E-state index in [9.17, 15) is 9.18 Å². The van der Waals surface area contributed by atoms with Crippen LogP contribution in [0, 0.1) is 5.82 Å². The Hall–Kier alpha value is -2.62. The number of aromatic amines is 1. The maximum atomic E-state index is 13.2. The van der Waals surface area contributed by atoms with Crippen LogP contribution in [0.5, 0.6) is 0 Å². The van der Waals surface area contributed by atoms with Gasteiger partial charge in [-0.25, -0.2) is 4.39 Å². The fraction of sp³-hybridized carbons (Fsp3) is 0.286. The molecule has 1 amide bonds. The Morgan fingerprint density at radius 3 is 2.76 bits per heavy atom. The lowest BCUT2D eigenvalue weighted by Crippen LogP contribution is -2.34. The molecule has 128 valence electrons. The Morgan fingerprint density at radius 2 is 1.92 bits per heavy atom. The molecule has 0 spiro atoms. The molecule has 0 bridgehead atoms. The van der Waals surface area contributed by atoms with Crippen molar-refractivity contribution in [2.75, 3.05) is 13.1 Å². The van der Waals surface area contributed by atoms with Crippen molar-refractivity contribution in [1.82, 2.24) is 9.88 Å². The van der Waals surface area contributed by atoms with Gasteiger partial charge in [0.05, 0.1) is 0 Å². The van der Waals surface area contributed by atoms with E-state index >= 15 is 0 Å². The highest BCUT2D eigenvalue weighted by molar-refractivity contribution is 5.98. The van der Waals surface area contributed by atoms with E-state index in [2.05, 4.69) is 4.98 Å². The Labute approximate surface area is 146 Å². The van der Waals surface area contributed by atoms with Crippen molar-refractivity contribution < 1.29 is 9.18 Å². The summed E-state index contributed by atoms with van der Waals surface area (Å²) in [7, 11) is 0. The van der Waals surface area contributed by atoms with E-state index < -0.39 is 0 Å². The van der Waals surface area contributed by atoms with Crippen molar-refractivity contribution in [3.63, 3.8) is 0 Å². The quantitative estimate of drug-likeness (QED) is 0.722. The van der Waals surface area contributed by atoms with Crippen LogP contribution in [0.3, 0.4) is 0 Å². The number of nitrogens with zero attached hydrogens (tertiary/aromatic N) is 1. The Bertz CT molecular complexity index is 884. The third kappa shape index (κ3) is 3.29. The average molecular weight is 336 g/mol. The number of likely N-dealkylation sites (tertiary alicyclic amines) is 1. The average Bonchev–Trinajstić information content (AvgIpc) is 2.97. The monoisotopic (exact) mass is 336 g/mol. The minimum Gasteiger partial charge on any atom is -0.361 e. The summed E-state index contributed by atoms with van der Waals surface area (Å²) in [6.07, 6.45) is 5.01. The largest absolute Gasteiger partial charge is 0.361 e. The molecular weight excluding hydrogens is 315 g/mol. The molecule has 25 heavy (non-hydrogen) atoms. The molecule has 0 unspecified atom stereocenters. The second-order valence-corrected chi connectivity index (χ2v) is 6.78. The number of benzene rings is 2. The SMILES string of the molecule is O=C(c1ccc2[nH]ccc2c1)N1CCCC[C@H](c2ccc(F)cc2)C1. The predicted octanol–water partition coefficient (Wildman–Crippen LogP) is 4.72. The highest BCUT2D eigenvalue weighted by atomic mass is 19.1. The van der Waals surface area contributed by atoms with Crippen molar-refractivity contribution in [2.45, 2.75) is 25.2 Å². The van der Waals surface area contributed by atoms with Crippen molar-refractivity contribution in [3.8, 4) is 0 Å². The Kier molecular flexibility index (Phi) is 4.26. The summed E-state index contributed by atoms with van der Waals surface area (Å²) < 4.78 is 13.2. The van der Waals surface area contributed by atoms with Gasteiger partial charge in [0.15, 0.2) is 0 Å². The van der Waals surface area contributed by atoms with Crippen LogP contribution in [0.25, 0.3) is 10.9 Å². The van der Waals surface area contributed by atoms with Crippen LogP contribution in [0.4, 0.5) is 4.39 Å². The van der Waals surface area contributed by atoms with E-state index in [1.165, 1.54) is 12.1 Å². The number of rotatable bonds is 2. The van der Waals surface area contributed by atoms with Crippen molar-refractivity contribution in [2.24, 2.45) is 0 Å². The zero-order valence-electron chi connectivity index (χ0n) is 14.0. The van der Waals surface area contributed by atoms with E-state index in [0.717, 1.165) is 47.8 Å². The number of halogens is 1. The molecular formula is C21H21FN2O. The van der Waals surface area contributed by atoms with E-state index in [4.69, 9.17) is 0 Å². The molecule has 1 aliphatic rings. The highest BCUT2D eigenvalue weighted by Crippen LogP contribution is 2.28. The van der Waals surface area contributed by atoms with Crippen LogP contribution in [0.15, 0.2) is 54.7 Å². The topological polar surface area (TPSA) is 36.1 Å². The Morgan fingerprint density at radius 1 is 1.08 bits per heavy atom. The molecule has 1 fully saturated rings. The van der Waals surface area contributed by atoms with E-state index in [1.54, 1.807) is 0 Å². The fourth-order valence-electron chi connectivity index (χ4n) is 3.70. The molecule has 1 saturated heterocycles. The van der Waals surface area contributed by atoms with Crippen LogP contribution in [-0.2, 0) is 0 Å². The van der Waals surface area contributed by atoms with Gasteiger partial charge in [0.25, 0.3) is 5.91 Å². The maximum absolute atomic E-state index is 13.2. The van der Waals surface area contributed by atoms with Gasteiger partial charge in [-0.05, 0) is 54.8 Å². The van der Waals surface area contributed by atoms with Gasteiger partial charge in [-0.1, -0.05) is 18.6 Å². The van der Waals surface area contributed by atoms with Gasteiger partial charge in [-0.15, -0.1) is 0 Å². The molecule has 1 N–H and O–H groups in total. The summed E-state index contributed by atoms with van der Waals surface area (Å²) >= 11 is 0. The second kappa shape index (κ2) is 6.71. The molecule has 3 aromatic rings. The first-order valence-electron chi connectivity index (χ1n) is 8.82. The molecule has 0 saturated carbocycles. The van der Waals surface area contributed by atoms with Crippen molar-refractivity contribution in [3.05, 3.63) is 71.7 Å². The second-order valence-electron chi connectivity index (χ2n) is 6.78. The number of hydrogen-bond acceptors (Lipinski definition) is 1. The first kappa shape index (κ1) is 15.9. The highest BCUT2D eigenvalue weighted by Gasteiger charge is 2.24. The van der Waals surface area contributed by atoms with Gasteiger partial charge >= 0.3 is 0 Å².